The Balaban J connectivity index is 1.61. The molecule has 168 valence electrons. The molecule has 0 N–H and O–H groups in total. The number of halogens is 2. The van der Waals surface area contributed by atoms with Crippen molar-refractivity contribution in [2.24, 2.45) is 0 Å². The van der Waals surface area contributed by atoms with Gasteiger partial charge in [0.25, 0.3) is 5.91 Å². The molecule has 1 aliphatic heterocycles. The maximum atomic E-state index is 13.2. The number of hydrogen-bond acceptors (Lipinski definition) is 5. The Morgan fingerprint density at radius 1 is 1.06 bits per heavy atom. The number of carbonyl (C=O) groups is 1. The van der Waals surface area contributed by atoms with Gasteiger partial charge in [-0.1, -0.05) is 12.1 Å². The molecule has 8 heteroatoms. The quantitative estimate of drug-likeness (QED) is 0.579. The van der Waals surface area contributed by atoms with E-state index in [0.29, 0.717) is 28.3 Å². The molecule has 0 bridgehead atoms. The topological polar surface area (TPSA) is 51.2 Å². The Morgan fingerprint density at radius 3 is 2.39 bits per heavy atom. The van der Waals surface area contributed by atoms with Gasteiger partial charge < -0.3 is 19.1 Å². The minimum absolute atomic E-state index is 0.0380. The van der Waals surface area contributed by atoms with Gasteiger partial charge in [-0.25, -0.2) is 4.39 Å². The van der Waals surface area contributed by atoms with E-state index in [4.69, 9.17) is 14.2 Å². The van der Waals surface area contributed by atoms with E-state index in [1.165, 1.54) is 12.1 Å². The van der Waals surface area contributed by atoms with Gasteiger partial charge in [-0.15, -0.1) is 0 Å². The fourth-order valence-corrected chi connectivity index (χ4v) is 4.24. The molecular formula is C23H28BrFN2O4. The molecule has 31 heavy (non-hydrogen) atoms. The normalized spacial score (nSPS) is 19.2. The lowest BCUT2D eigenvalue weighted by atomic mass is 10.1. The Labute approximate surface area is 191 Å². The second kappa shape index (κ2) is 10.3. The zero-order chi connectivity index (χ0) is 22.5. The van der Waals surface area contributed by atoms with Crippen LogP contribution < -0.4 is 14.2 Å². The van der Waals surface area contributed by atoms with E-state index in [1.807, 2.05) is 11.8 Å². The summed E-state index contributed by atoms with van der Waals surface area (Å²) in [6.45, 7) is 6.12. The predicted molar refractivity (Wildman–Crippen MR) is 120 cm³/mol. The van der Waals surface area contributed by atoms with Crippen LogP contribution in [0.25, 0.3) is 0 Å². The van der Waals surface area contributed by atoms with Crippen LogP contribution in [0.5, 0.6) is 17.2 Å². The van der Waals surface area contributed by atoms with Gasteiger partial charge >= 0.3 is 0 Å². The van der Waals surface area contributed by atoms with E-state index in [2.05, 4.69) is 27.8 Å². The van der Waals surface area contributed by atoms with Crippen LogP contribution in [-0.2, 0) is 11.3 Å². The van der Waals surface area contributed by atoms with Crippen molar-refractivity contribution in [3.05, 3.63) is 52.3 Å². The lowest BCUT2D eigenvalue weighted by molar-refractivity contribution is -0.139. The summed E-state index contributed by atoms with van der Waals surface area (Å²) in [6.07, 6.45) is 0. The first kappa shape index (κ1) is 23.3. The number of carbonyl (C=O) groups excluding carboxylic acids is 1. The van der Waals surface area contributed by atoms with Crippen molar-refractivity contribution in [2.45, 2.75) is 32.5 Å². The molecule has 1 saturated heterocycles. The molecule has 1 fully saturated rings. The van der Waals surface area contributed by atoms with Crippen molar-refractivity contribution in [2.75, 3.05) is 33.9 Å². The maximum Gasteiger partial charge on any atom is 0.260 e. The van der Waals surface area contributed by atoms with Crippen LogP contribution in [0.4, 0.5) is 4.39 Å². The minimum atomic E-state index is -0.235. The number of benzene rings is 2. The molecule has 2 atom stereocenters. The molecule has 2 aromatic carbocycles. The van der Waals surface area contributed by atoms with E-state index in [0.717, 1.165) is 18.7 Å². The zero-order valence-corrected chi connectivity index (χ0v) is 19.8. The highest BCUT2D eigenvalue weighted by Gasteiger charge is 2.32. The largest absolute Gasteiger partial charge is 0.496 e. The van der Waals surface area contributed by atoms with Gasteiger partial charge in [0.05, 0.1) is 14.2 Å². The lowest BCUT2D eigenvalue weighted by Gasteiger charge is -2.44. The van der Waals surface area contributed by atoms with Gasteiger partial charge in [-0.2, -0.15) is 0 Å². The van der Waals surface area contributed by atoms with Crippen molar-refractivity contribution in [1.82, 2.24) is 9.80 Å². The Hall–Kier alpha value is -2.32. The molecule has 1 amide bonds. The number of piperazine rings is 1. The summed E-state index contributed by atoms with van der Waals surface area (Å²) >= 11 is 3.46. The summed E-state index contributed by atoms with van der Waals surface area (Å²) in [5.41, 5.74) is 1.06. The number of amides is 1. The molecular weight excluding hydrogens is 467 g/mol. The van der Waals surface area contributed by atoms with Gasteiger partial charge in [-0.05, 0) is 47.5 Å². The highest BCUT2D eigenvalue weighted by Crippen LogP contribution is 2.38. The van der Waals surface area contributed by atoms with Crippen molar-refractivity contribution in [3.63, 3.8) is 0 Å². The zero-order valence-electron chi connectivity index (χ0n) is 18.2. The van der Waals surface area contributed by atoms with E-state index in [9.17, 15) is 9.18 Å². The van der Waals surface area contributed by atoms with Crippen molar-refractivity contribution in [3.8, 4) is 17.2 Å². The summed E-state index contributed by atoms with van der Waals surface area (Å²) in [4.78, 5) is 17.1. The highest BCUT2D eigenvalue weighted by atomic mass is 79.9. The molecule has 0 aromatic heterocycles. The molecule has 0 aliphatic carbocycles. The van der Waals surface area contributed by atoms with E-state index in [-0.39, 0.29) is 30.4 Å². The smallest absolute Gasteiger partial charge is 0.260 e. The molecule has 0 saturated carbocycles. The summed E-state index contributed by atoms with van der Waals surface area (Å²) in [7, 11) is 3.12. The predicted octanol–water partition coefficient (Wildman–Crippen LogP) is 4.11. The molecule has 0 unspecified atom stereocenters. The number of methoxy groups -OCH3 is 2. The highest BCUT2D eigenvalue weighted by molar-refractivity contribution is 9.10. The number of rotatable bonds is 7. The van der Waals surface area contributed by atoms with E-state index in [1.54, 1.807) is 38.5 Å². The molecule has 6 nitrogen and oxygen atoms in total. The third-order valence-electron chi connectivity index (χ3n) is 5.52. The summed E-state index contributed by atoms with van der Waals surface area (Å²) in [5, 5.41) is 0. The van der Waals surface area contributed by atoms with Gasteiger partial charge in [0, 0.05) is 43.9 Å². The Morgan fingerprint density at radius 2 is 1.74 bits per heavy atom. The third-order valence-corrected chi connectivity index (χ3v) is 6.30. The van der Waals surface area contributed by atoms with Crippen LogP contribution in [0.3, 0.4) is 0 Å². The fourth-order valence-electron chi connectivity index (χ4n) is 3.73. The first-order chi connectivity index (χ1) is 14.8. The van der Waals surface area contributed by atoms with Crippen LogP contribution in [0.1, 0.15) is 19.4 Å². The number of ether oxygens (including phenoxy) is 3. The van der Waals surface area contributed by atoms with Crippen LogP contribution in [0.2, 0.25) is 0 Å². The average molecular weight is 495 g/mol. The summed E-state index contributed by atoms with van der Waals surface area (Å²) < 4.78 is 30.2. The van der Waals surface area contributed by atoms with Crippen LogP contribution in [0, 0.1) is 5.82 Å². The Kier molecular flexibility index (Phi) is 7.78. The van der Waals surface area contributed by atoms with Gasteiger partial charge in [-0.3, -0.25) is 9.69 Å². The number of hydrogen-bond donors (Lipinski definition) is 0. The molecule has 2 aromatic rings. The average Bonchev–Trinajstić information content (AvgIpc) is 2.76. The second-order valence-electron chi connectivity index (χ2n) is 7.73. The van der Waals surface area contributed by atoms with Crippen LogP contribution in [0.15, 0.2) is 40.9 Å². The molecule has 0 radical (unpaired) electrons. The van der Waals surface area contributed by atoms with Crippen LogP contribution in [-0.4, -0.2) is 61.7 Å². The van der Waals surface area contributed by atoms with Gasteiger partial charge in [0.15, 0.2) is 6.61 Å². The van der Waals surface area contributed by atoms with Gasteiger partial charge in [0.2, 0.25) is 0 Å². The monoisotopic (exact) mass is 494 g/mol. The SMILES string of the molecule is COc1cc(OC)c(Br)c(OCC(=O)N2C[C@@H](C)N(Cc3ccc(F)cc3)C[C@@H]2C)c1. The van der Waals surface area contributed by atoms with Crippen molar-refractivity contribution >= 4 is 21.8 Å². The molecule has 3 rings (SSSR count). The van der Waals surface area contributed by atoms with Gasteiger partial charge in [0.1, 0.15) is 27.5 Å². The van der Waals surface area contributed by atoms with Crippen molar-refractivity contribution in [1.29, 1.82) is 0 Å². The lowest BCUT2D eigenvalue weighted by Crippen LogP contribution is -2.58. The van der Waals surface area contributed by atoms with E-state index < -0.39 is 0 Å². The fraction of sp³-hybridized carbons (Fsp3) is 0.435. The third kappa shape index (κ3) is 5.68. The first-order valence-corrected chi connectivity index (χ1v) is 10.9. The standard InChI is InChI=1S/C23H28BrFN2O4/c1-15-12-27(16(2)11-26(15)13-17-5-7-18(25)8-6-17)22(28)14-31-21-10-19(29-3)9-20(30-4)23(21)24/h5-10,15-16H,11-14H2,1-4H3/t15-,16+/m1/s1. The van der Waals surface area contributed by atoms with Crippen LogP contribution >= 0.6 is 15.9 Å². The second-order valence-corrected chi connectivity index (χ2v) is 8.52. The maximum absolute atomic E-state index is 13.2. The first-order valence-electron chi connectivity index (χ1n) is 10.1. The summed E-state index contributed by atoms with van der Waals surface area (Å²) in [5.74, 6) is 1.33. The molecule has 1 heterocycles. The molecule has 1 aliphatic rings. The van der Waals surface area contributed by atoms with Crippen molar-refractivity contribution < 1.29 is 23.4 Å². The minimum Gasteiger partial charge on any atom is -0.496 e. The molecule has 0 spiro atoms. The number of nitrogens with zero attached hydrogens (tertiary/aromatic N) is 2. The summed E-state index contributed by atoms with van der Waals surface area (Å²) in [6, 6.07) is 10.2. The Bertz CT molecular complexity index is 909. The van der Waals surface area contributed by atoms with E-state index >= 15 is 0 Å².